The van der Waals surface area contributed by atoms with Crippen LogP contribution in [0.5, 0.6) is 0 Å². The minimum Gasteiger partial charge on any atom is -0.376 e. The number of hydrogen-bond acceptors (Lipinski definition) is 1. The zero-order valence-electron chi connectivity index (χ0n) is 15.9. The number of nitrogens with two attached hydrogens (primary N) is 1. The van der Waals surface area contributed by atoms with Crippen molar-refractivity contribution in [3.63, 3.8) is 0 Å². The Morgan fingerprint density at radius 2 is 1.72 bits per heavy atom. The third-order valence-electron chi connectivity index (χ3n) is 5.55. The van der Waals surface area contributed by atoms with E-state index in [-0.39, 0.29) is 11.0 Å². The molecule has 0 bridgehead atoms. The summed E-state index contributed by atoms with van der Waals surface area (Å²) in [5, 5.41) is 2.45. The maximum Gasteiger partial charge on any atom is 0.101 e. The second-order valence-electron chi connectivity index (χ2n) is 8.20. The van der Waals surface area contributed by atoms with Crippen LogP contribution in [0.1, 0.15) is 49.8 Å². The van der Waals surface area contributed by atoms with Gasteiger partial charge in [-0.15, -0.1) is 0 Å². The highest BCUT2D eigenvalue weighted by atomic mass is 16.5. The average Bonchev–Trinajstić information content (AvgIpc) is 2.59. The second kappa shape index (κ2) is 7.72. The van der Waals surface area contributed by atoms with Crippen LogP contribution in [0.3, 0.4) is 0 Å². The summed E-state index contributed by atoms with van der Waals surface area (Å²) >= 11 is 0. The lowest BCUT2D eigenvalue weighted by molar-refractivity contribution is -0.672. The van der Waals surface area contributed by atoms with E-state index in [1.54, 1.807) is 0 Å². The Morgan fingerprint density at radius 1 is 1.00 bits per heavy atom. The number of rotatable bonds is 6. The Morgan fingerprint density at radius 3 is 2.40 bits per heavy atom. The van der Waals surface area contributed by atoms with Crippen LogP contribution in [0.4, 0.5) is 0 Å². The zero-order valence-corrected chi connectivity index (χ0v) is 15.9. The van der Waals surface area contributed by atoms with E-state index < -0.39 is 0 Å². The largest absolute Gasteiger partial charge is 0.376 e. The lowest BCUT2D eigenvalue weighted by Crippen LogP contribution is -2.83. The summed E-state index contributed by atoms with van der Waals surface area (Å²) in [6, 6.07) is 20.0. The molecule has 1 heterocycles. The van der Waals surface area contributed by atoms with Gasteiger partial charge in [0.05, 0.1) is 12.1 Å². The molecule has 0 amide bonds. The smallest absolute Gasteiger partial charge is 0.101 e. The third-order valence-corrected chi connectivity index (χ3v) is 5.55. The molecule has 0 radical (unpaired) electrons. The van der Waals surface area contributed by atoms with Gasteiger partial charge in [0.1, 0.15) is 6.54 Å². The molecule has 3 rings (SSSR count). The monoisotopic (exact) mass is 338 g/mol. The van der Waals surface area contributed by atoms with E-state index in [1.807, 2.05) is 0 Å². The Bertz CT molecular complexity index is 662. The fourth-order valence-corrected chi connectivity index (χ4v) is 4.25. The van der Waals surface area contributed by atoms with Crippen LogP contribution >= 0.6 is 0 Å². The molecular weight excluding hydrogens is 306 g/mol. The maximum absolute atomic E-state index is 6.03. The van der Waals surface area contributed by atoms with Crippen LogP contribution in [-0.2, 0) is 16.7 Å². The minimum absolute atomic E-state index is 0.0391. The molecule has 1 aliphatic heterocycles. The zero-order chi connectivity index (χ0) is 17.8. The summed E-state index contributed by atoms with van der Waals surface area (Å²) in [4.78, 5) is 0. The Labute approximate surface area is 152 Å². The lowest BCUT2D eigenvalue weighted by Gasteiger charge is -2.45. The molecule has 2 N–H and O–H groups in total. The van der Waals surface area contributed by atoms with Crippen molar-refractivity contribution in [1.82, 2.24) is 0 Å². The summed E-state index contributed by atoms with van der Waals surface area (Å²) in [5.74, 6) is 0. The molecule has 1 saturated heterocycles. The molecule has 2 aromatic carbocycles. The summed E-state index contributed by atoms with van der Waals surface area (Å²) in [6.45, 7) is 9.71. The fraction of sp³-hybridized carbons (Fsp3) is 0.478. The number of quaternary nitrogens is 1. The van der Waals surface area contributed by atoms with E-state index in [0.717, 1.165) is 32.5 Å². The fourth-order valence-electron chi connectivity index (χ4n) is 4.25. The molecule has 0 aliphatic carbocycles. The topological polar surface area (TPSA) is 25.8 Å². The first-order valence-electron chi connectivity index (χ1n) is 9.56. The van der Waals surface area contributed by atoms with Crippen molar-refractivity contribution < 1.29 is 10.1 Å². The van der Waals surface area contributed by atoms with Gasteiger partial charge in [0.2, 0.25) is 0 Å². The molecule has 1 fully saturated rings. The second-order valence-corrected chi connectivity index (χ2v) is 8.20. The molecular formula is C23H32NO+. The van der Waals surface area contributed by atoms with Crippen molar-refractivity contribution in [1.29, 1.82) is 0 Å². The molecule has 0 spiro atoms. The highest BCUT2D eigenvalue weighted by Crippen LogP contribution is 2.43. The van der Waals surface area contributed by atoms with Crippen LogP contribution in [0.25, 0.3) is 0 Å². The first kappa shape index (κ1) is 18.2. The number of aryl methyl sites for hydroxylation is 1. The van der Waals surface area contributed by atoms with E-state index in [2.05, 4.69) is 80.7 Å². The Kier molecular flexibility index (Phi) is 5.61. The summed E-state index contributed by atoms with van der Waals surface area (Å²) in [7, 11) is 0. The first-order valence-corrected chi connectivity index (χ1v) is 9.56. The number of hydrogen-bond donors (Lipinski definition) is 1. The molecule has 2 nitrogen and oxygen atoms in total. The van der Waals surface area contributed by atoms with Crippen LogP contribution in [0.15, 0.2) is 54.6 Å². The van der Waals surface area contributed by atoms with E-state index in [0.29, 0.717) is 0 Å². The van der Waals surface area contributed by atoms with Crippen LogP contribution < -0.4 is 5.32 Å². The van der Waals surface area contributed by atoms with Crippen LogP contribution in [0, 0.1) is 6.92 Å². The van der Waals surface area contributed by atoms with Crippen molar-refractivity contribution >= 4 is 0 Å². The number of benzene rings is 2. The van der Waals surface area contributed by atoms with E-state index >= 15 is 0 Å². The minimum atomic E-state index is -0.0391. The van der Waals surface area contributed by atoms with Crippen molar-refractivity contribution in [3.8, 4) is 0 Å². The van der Waals surface area contributed by atoms with Gasteiger partial charge < -0.3 is 10.1 Å². The SMILES string of the molecule is Cc1ccc([C@@]2(CC[NH2+]Cc3ccccc3)CCOC(C)(C)C2)cc1. The van der Waals surface area contributed by atoms with Crippen molar-refractivity contribution in [2.75, 3.05) is 13.2 Å². The van der Waals surface area contributed by atoms with Gasteiger partial charge in [-0.05, 0) is 39.2 Å². The van der Waals surface area contributed by atoms with Gasteiger partial charge in [0, 0.05) is 24.0 Å². The van der Waals surface area contributed by atoms with Gasteiger partial charge in [0.25, 0.3) is 0 Å². The lowest BCUT2D eigenvalue weighted by atomic mass is 9.67. The molecule has 0 aromatic heterocycles. The standard InChI is InChI=1S/C23H31NO/c1-19-9-11-21(12-10-19)23(14-16-25-22(2,3)18-23)13-15-24-17-20-7-5-4-6-8-20/h4-12,24H,13-18H2,1-3H3/p+1/t23-/m0/s1. The van der Waals surface area contributed by atoms with Gasteiger partial charge in [-0.25, -0.2) is 0 Å². The van der Waals surface area contributed by atoms with Gasteiger partial charge >= 0.3 is 0 Å². The predicted molar refractivity (Wildman–Crippen MR) is 104 cm³/mol. The molecule has 25 heavy (non-hydrogen) atoms. The normalized spacial score (nSPS) is 22.7. The third kappa shape index (κ3) is 4.71. The van der Waals surface area contributed by atoms with E-state index in [1.165, 1.54) is 23.1 Å². The molecule has 2 aromatic rings. The summed E-state index contributed by atoms with van der Waals surface area (Å²) in [5.41, 5.74) is 4.42. The highest BCUT2D eigenvalue weighted by molar-refractivity contribution is 5.30. The molecule has 0 saturated carbocycles. The van der Waals surface area contributed by atoms with Gasteiger partial charge in [-0.2, -0.15) is 0 Å². The molecule has 0 unspecified atom stereocenters. The summed E-state index contributed by atoms with van der Waals surface area (Å²) < 4.78 is 6.03. The van der Waals surface area contributed by atoms with E-state index in [4.69, 9.17) is 4.74 Å². The average molecular weight is 339 g/mol. The quantitative estimate of drug-likeness (QED) is 0.792. The molecule has 2 heteroatoms. The Hall–Kier alpha value is -1.64. The van der Waals surface area contributed by atoms with Crippen molar-refractivity contribution in [3.05, 3.63) is 71.3 Å². The molecule has 1 atom stereocenters. The van der Waals surface area contributed by atoms with Gasteiger partial charge in [-0.3, -0.25) is 0 Å². The first-order chi connectivity index (χ1) is 12.0. The summed E-state index contributed by atoms with van der Waals surface area (Å²) in [6.07, 6.45) is 3.43. The van der Waals surface area contributed by atoms with Gasteiger partial charge in [0.15, 0.2) is 0 Å². The highest BCUT2D eigenvalue weighted by Gasteiger charge is 2.42. The molecule has 1 aliphatic rings. The Balaban J connectivity index is 1.69. The van der Waals surface area contributed by atoms with Gasteiger partial charge in [-0.1, -0.05) is 60.2 Å². The predicted octanol–water partition coefficient (Wildman–Crippen LogP) is 3.98. The van der Waals surface area contributed by atoms with Crippen LogP contribution in [-0.4, -0.2) is 18.8 Å². The van der Waals surface area contributed by atoms with Crippen molar-refractivity contribution in [2.45, 2.75) is 57.6 Å². The van der Waals surface area contributed by atoms with E-state index in [9.17, 15) is 0 Å². The molecule has 134 valence electrons. The van der Waals surface area contributed by atoms with Crippen LogP contribution in [0.2, 0.25) is 0 Å². The number of ether oxygens (including phenoxy) is 1. The maximum atomic E-state index is 6.03. The van der Waals surface area contributed by atoms with Crippen molar-refractivity contribution in [2.24, 2.45) is 0 Å².